The normalized spacial score (nSPS) is 13.7. The Labute approximate surface area is 128 Å². The molecular formula is C17H17FN2O2. The summed E-state index contributed by atoms with van der Waals surface area (Å²) in [4.78, 5) is 18.3. The molecule has 3 rings (SSSR count). The topological polar surface area (TPSA) is 42.4 Å². The van der Waals surface area contributed by atoms with Gasteiger partial charge >= 0.3 is 0 Å². The molecule has 1 amide bonds. The van der Waals surface area contributed by atoms with E-state index in [1.165, 1.54) is 12.1 Å². The lowest BCUT2D eigenvalue weighted by molar-refractivity contribution is -0.134. The number of pyridine rings is 1. The van der Waals surface area contributed by atoms with Crippen molar-refractivity contribution < 1.29 is 13.9 Å². The summed E-state index contributed by atoms with van der Waals surface area (Å²) < 4.78 is 18.5. The highest BCUT2D eigenvalue weighted by Crippen LogP contribution is 2.28. The Morgan fingerprint density at radius 2 is 2.18 bits per heavy atom. The van der Waals surface area contributed by atoms with Crippen LogP contribution in [-0.2, 0) is 11.3 Å². The predicted octanol–water partition coefficient (Wildman–Crippen LogP) is 2.79. The van der Waals surface area contributed by atoms with Crippen molar-refractivity contribution >= 4 is 5.91 Å². The van der Waals surface area contributed by atoms with Gasteiger partial charge in [-0.15, -0.1) is 0 Å². The quantitative estimate of drug-likeness (QED) is 0.824. The van der Waals surface area contributed by atoms with Crippen LogP contribution in [0.1, 0.15) is 18.4 Å². The minimum absolute atomic E-state index is 0.0831. The molecule has 1 fully saturated rings. The summed E-state index contributed by atoms with van der Waals surface area (Å²) in [6.07, 6.45) is 5.51. The standard InChI is InChI=1S/C17H17FN2O2/c18-14-4-1-5-16(9-14)22-12-17(21)20(15-6-7-15)11-13-3-2-8-19-10-13/h1-5,8-10,15H,6-7,11-12H2. The molecule has 0 atom stereocenters. The molecule has 1 aliphatic carbocycles. The number of rotatable bonds is 6. The van der Waals surface area contributed by atoms with E-state index in [-0.39, 0.29) is 24.4 Å². The molecule has 0 spiro atoms. The number of hydrogen-bond donors (Lipinski definition) is 0. The van der Waals surface area contributed by atoms with Crippen molar-refractivity contribution in [2.45, 2.75) is 25.4 Å². The first kappa shape index (κ1) is 14.5. The van der Waals surface area contributed by atoms with Gasteiger partial charge < -0.3 is 9.64 Å². The minimum Gasteiger partial charge on any atom is -0.484 e. The summed E-state index contributed by atoms with van der Waals surface area (Å²) in [6, 6.07) is 9.90. The lowest BCUT2D eigenvalue weighted by atomic mass is 10.2. The molecule has 1 aromatic carbocycles. The van der Waals surface area contributed by atoms with E-state index in [2.05, 4.69) is 4.98 Å². The fourth-order valence-electron chi connectivity index (χ4n) is 2.28. The molecule has 0 radical (unpaired) electrons. The van der Waals surface area contributed by atoms with E-state index in [0.29, 0.717) is 12.3 Å². The first-order valence-corrected chi connectivity index (χ1v) is 7.29. The van der Waals surface area contributed by atoms with Gasteiger partial charge in [-0.05, 0) is 36.6 Å². The summed E-state index contributed by atoms with van der Waals surface area (Å²) in [7, 11) is 0. The van der Waals surface area contributed by atoms with E-state index in [4.69, 9.17) is 4.74 Å². The Kier molecular flexibility index (Phi) is 4.32. The van der Waals surface area contributed by atoms with Gasteiger partial charge in [0.05, 0.1) is 0 Å². The van der Waals surface area contributed by atoms with Crippen LogP contribution in [0.2, 0.25) is 0 Å². The van der Waals surface area contributed by atoms with Crippen LogP contribution in [0.15, 0.2) is 48.8 Å². The molecular weight excluding hydrogens is 283 g/mol. The third-order valence-electron chi connectivity index (χ3n) is 3.54. The fourth-order valence-corrected chi connectivity index (χ4v) is 2.28. The van der Waals surface area contributed by atoms with Crippen LogP contribution >= 0.6 is 0 Å². The van der Waals surface area contributed by atoms with Crippen molar-refractivity contribution in [2.24, 2.45) is 0 Å². The van der Waals surface area contributed by atoms with Crippen molar-refractivity contribution in [2.75, 3.05) is 6.61 Å². The molecule has 5 heteroatoms. The van der Waals surface area contributed by atoms with Gasteiger partial charge in [-0.1, -0.05) is 12.1 Å². The molecule has 0 saturated heterocycles. The van der Waals surface area contributed by atoms with Gasteiger partial charge in [0.1, 0.15) is 11.6 Å². The highest BCUT2D eigenvalue weighted by Gasteiger charge is 2.32. The van der Waals surface area contributed by atoms with Gasteiger partial charge in [0.15, 0.2) is 6.61 Å². The molecule has 1 aromatic heterocycles. The van der Waals surface area contributed by atoms with Gasteiger partial charge in [0.2, 0.25) is 0 Å². The number of hydrogen-bond acceptors (Lipinski definition) is 3. The van der Waals surface area contributed by atoms with E-state index in [0.717, 1.165) is 18.4 Å². The zero-order valence-electron chi connectivity index (χ0n) is 12.1. The second kappa shape index (κ2) is 6.56. The second-order valence-corrected chi connectivity index (χ2v) is 5.36. The maximum absolute atomic E-state index is 13.1. The molecule has 1 saturated carbocycles. The zero-order valence-corrected chi connectivity index (χ0v) is 12.1. The maximum Gasteiger partial charge on any atom is 0.261 e. The smallest absolute Gasteiger partial charge is 0.261 e. The van der Waals surface area contributed by atoms with Crippen LogP contribution < -0.4 is 4.74 Å². The SMILES string of the molecule is O=C(COc1cccc(F)c1)N(Cc1cccnc1)C1CC1. The molecule has 4 nitrogen and oxygen atoms in total. The van der Waals surface area contributed by atoms with Gasteiger partial charge in [0.25, 0.3) is 5.91 Å². The van der Waals surface area contributed by atoms with Crippen LogP contribution in [-0.4, -0.2) is 28.4 Å². The first-order valence-electron chi connectivity index (χ1n) is 7.29. The highest BCUT2D eigenvalue weighted by atomic mass is 19.1. The number of carbonyl (C=O) groups excluding carboxylic acids is 1. The van der Waals surface area contributed by atoms with Crippen LogP contribution in [0.4, 0.5) is 4.39 Å². The molecule has 1 aliphatic rings. The zero-order chi connectivity index (χ0) is 15.4. The molecule has 22 heavy (non-hydrogen) atoms. The maximum atomic E-state index is 13.1. The summed E-state index contributed by atoms with van der Waals surface area (Å²) in [5.41, 5.74) is 0.994. The number of carbonyl (C=O) groups is 1. The fraction of sp³-hybridized carbons (Fsp3) is 0.294. The molecule has 0 bridgehead atoms. The van der Waals surface area contributed by atoms with E-state index >= 15 is 0 Å². The van der Waals surface area contributed by atoms with Crippen LogP contribution in [0.3, 0.4) is 0 Å². The van der Waals surface area contributed by atoms with Crippen molar-refractivity contribution in [3.05, 3.63) is 60.2 Å². The Morgan fingerprint density at radius 3 is 2.86 bits per heavy atom. The molecule has 1 heterocycles. The van der Waals surface area contributed by atoms with Gasteiger partial charge in [-0.25, -0.2) is 4.39 Å². The van der Waals surface area contributed by atoms with Crippen molar-refractivity contribution in [3.8, 4) is 5.75 Å². The largest absolute Gasteiger partial charge is 0.484 e. The summed E-state index contributed by atoms with van der Waals surface area (Å²) in [5, 5.41) is 0. The number of amides is 1. The Hall–Kier alpha value is -2.43. The summed E-state index contributed by atoms with van der Waals surface area (Å²) in [5.74, 6) is -0.0968. The molecule has 114 valence electrons. The molecule has 2 aromatic rings. The monoisotopic (exact) mass is 300 g/mol. The summed E-state index contributed by atoms with van der Waals surface area (Å²) in [6.45, 7) is 0.448. The highest BCUT2D eigenvalue weighted by molar-refractivity contribution is 5.78. The van der Waals surface area contributed by atoms with E-state index < -0.39 is 0 Å². The van der Waals surface area contributed by atoms with Crippen molar-refractivity contribution in [3.63, 3.8) is 0 Å². The number of nitrogens with zero attached hydrogens (tertiary/aromatic N) is 2. The van der Waals surface area contributed by atoms with Gasteiger partial charge in [-0.2, -0.15) is 0 Å². The average molecular weight is 300 g/mol. The third-order valence-corrected chi connectivity index (χ3v) is 3.54. The van der Waals surface area contributed by atoms with Crippen molar-refractivity contribution in [1.82, 2.24) is 9.88 Å². The van der Waals surface area contributed by atoms with Gasteiger partial charge in [0, 0.05) is 31.0 Å². The lowest BCUT2D eigenvalue weighted by Crippen LogP contribution is -2.36. The average Bonchev–Trinajstić information content (AvgIpc) is 3.36. The number of halogens is 1. The van der Waals surface area contributed by atoms with Crippen LogP contribution in [0.25, 0.3) is 0 Å². The Morgan fingerprint density at radius 1 is 1.32 bits per heavy atom. The Bertz CT molecular complexity index is 644. The van der Waals surface area contributed by atoms with Crippen molar-refractivity contribution in [1.29, 1.82) is 0 Å². The number of aromatic nitrogens is 1. The minimum atomic E-state index is -0.376. The number of benzene rings is 1. The number of ether oxygens (including phenoxy) is 1. The second-order valence-electron chi connectivity index (χ2n) is 5.36. The van der Waals surface area contributed by atoms with Gasteiger partial charge in [-0.3, -0.25) is 9.78 Å². The lowest BCUT2D eigenvalue weighted by Gasteiger charge is -2.22. The van der Waals surface area contributed by atoms with Crippen LogP contribution in [0, 0.1) is 5.82 Å². The van der Waals surface area contributed by atoms with E-state index in [1.54, 1.807) is 24.5 Å². The Balaban J connectivity index is 1.61. The third kappa shape index (κ3) is 3.81. The molecule has 0 aliphatic heterocycles. The first-order chi connectivity index (χ1) is 10.7. The predicted molar refractivity (Wildman–Crippen MR) is 79.7 cm³/mol. The van der Waals surface area contributed by atoms with E-state index in [1.807, 2.05) is 17.0 Å². The van der Waals surface area contributed by atoms with E-state index in [9.17, 15) is 9.18 Å². The van der Waals surface area contributed by atoms with Crippen LogP contribution in [0.5, 0.6) is 5.75 Å². The summed E-state index contributed by atoms with van der Waals surface area (Å²) >= 11 is 0. The molecule has 0 N–H and O–H groups in total. The molecule has 0 unspecified atom stereocenters.